The minimum absolute atomic E-state index is 0.0663. The van der Waals surface area contributed by atoms with E-state index in [2.05, 4.69) is 5.32 Å². The Morgan fingerprint density at radius 2 is 2.06 bits per heavy atom. The Morgan fingerprint density at radius 3 is 2.47 bits per heavy atom. The smallest absolute Gasteiger partial charge is 0.301 e. The lowest BCUT2D eigenvalue weighted by molar-refractivity contribution is -0.387. The second-order valence-electron chi connectivity index (χ2n) is 3.10. The van der Waals surface area contributed by atoms with Gasteiger partial charge in [-0.1, -0.05) is 0 Å². The van der Waals surface area contributed by atoms with Crippen molar-refractivity contribution in [1.29, 1.82) is 0 Å². The average molecular weight is 260 g/mol. The van der Waals surface area contributed by atoms with Gasteiger partial charge in [0.25, 0.3) is 5.69 Å². The topological polar surface area (TPSA) is 127 Å². The Balaban J connectivity index is 3.37. The molecule has 0 saturated carbocycles. The molecule has 0 bridgehead atoms. The minimum atomic E-state index is -4.68. The summed E-state index contributed by atoms with van der Waals surface area (Å²) in [5.74, 6) is -0.459. The van der Waals surface area contributed by atoms with Gasteiger partial charge in [0.2, 0.25) is 5.91 Å². The maximum Gasteiger partial charge on any atom is 0.301 e. The zero-order valence-electron chi connectivity index (χ0n) is 8.58. The van der Waals surface area contributed by atoms with E-state index < -0.39 is 31.5 Å². The lowest BCUT2D eigenvalue weighted by atomic mass is 10.3. The first-order valence-electron chi connectivity index (χ1n) is 4.25. The van der Waals surface area contributed by atoms with E-state index in [1.165, 1.54) is 6.92 Å². The van der Waals surface area contributed by atoms with Crippen molar-refractivity contribution in [2.45, 2.75) is 11.8 Å². The number of carbonyl (C=O) groups excluding carboxylic acids is 1. The van der Waals surface area contributed by atoms with Crippen LogP contribution < -0.4 is 5.32 Å². The van der Waals surface area contributed by atoms with Crippen molar-refractivity contribution in [2.75, 3.05) is 5.32 Å². The fourth-order valence-corrected chi connectivity index (χ4v) is 1.80. The third-order valence-electron chi connectivity index (χ3n) is 1.75. The molecular formula is C8H8N2O6S. The van der Waals surface area contributed by atoms with Gasteiger partial charge in [-0.25, -0.2) is 0 Å². The highest BCUT2D eigenvalue weighted by Crippen LogP contribution is 2.26. The molecule has 0 aliphatic rings. The summed E-state index contributed by atoms with van der Waals surface area (Å²) >= 11 is 0. The van der Waals surface area contributed by atoms with Gasteiger partial charge in [-0.2, -0.15) is 8.42 Å². The van der Waals surface area contributed by atoms with Crippen LogP contribution >= 0.6 is 0 Å². The van der Waals surface area contributed by atoms with Crippen molar-refractivity contribution in [3.8, 4) is 0 Å². The maximum atomic E-state index is 10.9. The zero-order valence-corrected chi connectivity index (χ0v) is 9.39. The number of hydrogen-bond donors (Lipinski definition) is 2. The maximum absolute atomic E-state index is 10.9. The second kappa shape index (κ2) is 4.47. The quantitative estimate of drug-likeness (QED) is 0.470. The highest BCUT2D eigenvalue weighted by Gasteiger charge is 2.24. The van der Waals surface area contributed by atoms with E-state index in [1.54, 1.807) is 0 Å². The van der Waals surface area contributed by atoms with Crippen molar-refractivity contribution in [2.24, 2.45) is 0 Å². The summed E-state index contributed by atoms with van der Waals surface area (Å²) in [5, 5.41) is 12.9. The first-order chi connectivity index (χ1) is 7.71. The van der Waals surface area contributed by atoms with Crippen molar-refractivity contribution in [3.63, 3.8) is 0 Å². The van der Waals surface area contributed by atoms with Crippen LogP contribution in [-0.2, 0) is 14.9 Å². The number of nitro benzene ring substituents is 1. The molecule has 0 heterocycles. The summed E-state index contributed by atoms with van der Waals surface area (Å²) in [7, 11) is -4.68. The van der Waals surface area contributed by atoms with Crippen LogP contribution in [0.3, 0.4) is 0 Å². The summed E-state index contributed by atoms with van der Waals surface area (Å²) in [6.45, 7) is 1.20. The van der Waals surface area contributed by atoms with E-state index in [0.717, 1.165) is 18.2 Å². The molecule has 0 saturated heterocycles. The summed E-state index contributed by atoms with van der Waals surface area (Å²) in [4.78, 5) is 19.6. The van der Waals surface area contributed by atoms with Crippen molar-refractivity contribution < 1.29 is 22.7 Å². The third-order valence-corrected chi connectivity index (χ3v) is 2.65. The minimum Gasteiger partial charge on any atom is -0.326 e. The van der Waals surface area contributed by atoms with Gasteiger partial charge in [0.15, 0.2) is 4.90 Å². The molecule has 2 N–H and O–H groups in total. The number of rotatable bonds is 3. The number of anilines is 1. The summed E-state index contributed by atoms with van der Waals surface area (Å²) in [6.07, 6.45) is 0. The highest BCUT2D eigenvalue weighted by atomic mass is 32.2. The highest BCUT2D eigenvalue weighted by molar-refractivity contribution is 7.86. The molecule has 8 nitrogen and oxygen atoms in total. The summed E-state index contributed by atoms with van der Waals surface area (Å²) in [6, 6.07) is 2.83. The number of benzene rings is 1. The van der Waals surface area contributed by atoms with E-state index in [1.807, 2.05) is 0 Å². The molecule has 1 aromatic rings. The molecule has 9 heteroatoms. The predicted molar refractivity (Wildman–Crippen MR) is 57.2 cm³/mol. The molecule has 1 amide bonds. The SMILES string of the molecule is CC(=O)Nc1ccc(S(=O)(=O)O)c([N+](=O)[O-])c1. The monoisotopic (exact) mass is 260 g/mol. The number of hydrogen-bond acceptors (Lipinski definition) is 5. The van der Waals surface area contributed by atoms with E-state index in [0.29, 0.717) is 0 Å². The molecule has 0 aromatic heterocycles. The lowest BCUT2D eigenvalue weighted by Crippen LogP contribution is -2.08. The van der Waals surface area contributed by atoms with Crippen LogP contribution in [0, 0.1) is 10.1 Å². The molecule has 0 spiro atoms. The molecular weight excluding hydrogens is 252 g/mol. The van der Waals surface area contributed by atoms with Gasteiger partial charge < -0.3 is 5.32 Å². The molecule has 0 aliphatic carbocycles. The van der Waals surface area contributed by atoms with Gasteiger partial charge in [0.1, 0.15) is 0 Å². The molecule has 0 aliphatic heterocycles. The number of nitro groups is 1. The van der Waals surface area contributed by atoms with E-state index >= 15 is 0 Å². The fourth-order valence-electron chi connectivity index (χ4n) is 1.16. The van der Waals surface area contributed by atoms with Gasteiger partial charge in [-0.15, -0.1) is 0 Å². The largest absolute Gasteiger partial charge is 0.326 e. The Kier molecular flexibility index (Phi) is 3.44. The molecule has 92 valence electrons. The van der Waals surface area contributed by atoms with E-state index in [9.17, 15) is 23.3 Å². The number of nitrogens with zero attached hydrogens (tertiary/aromatic N) is 1. The molecule has 0 atom stereocenters. The molecule has 0 radical (unpaired) electrons. The molecule has 0 fully saturated rings. The van der Waals surface area contributed by atoms with Crippen molar-refractivity contribution >= 4 is 27.4 Å². The molecule has 1 aromatic carbocycles. The summed E-state index contributed by atoms with van der Waals surface area (Å²) < 4.78 is 30.5. The standard InChI is InChI=1S/C8H8N2O6S/c1-5(11)9-6-2-3-8(17(14,15)16)7(4-6)10(12)13/h2-4H,1H3,(H,9,11)(H,14,15,16). The van der Waals surface area contributed by atoms with Crippen LogP contribution in [0.25, 0.3) is 0 Å². The van der Waals surface area contributed by atoms with Gasteiger partial charge >= 0.3 is 10.1 Å². The van der Waals surface area contributed by atoms with Crippen LogP contribution in [-0.4, -0.2) is 23.8 Å². The number of nitrogens with one attached hydrogen (secondary N) is 1. The second-order valence-corrected chi connectivity index (χ2v) is 4.49. The van der Waals surface area contributed by atoms with Crippen LogP contribution in [0.2, 0.25) is 0 Å². The van der Waals surface area contributed by atoms with E-state index in [4.69, 9.17) is 4.55 Å². The first kappa shape index (κ1) is 13.1. The van der Waals surface area contributed by atoms with Gasteiger partial charge in [0, 0.05) is 18.7 Å². The normalized spacial score (nSPS) is 10.9. The first-order valence-corrected chi connectivity index (χ1v) is 5.69. The third kappa shape index (κ3) is 3.23. The van der Waals surface area contributed by atoms with Gasteiger partial charge in [-0.3, -0.25) is 19.5 Å². The van der Waals surface area contributed by atoms with E-state index in [-0.39, 0.29) is 5.69 Å². The fraction of sp³-hybridized carbons (Fsp3) is 0.125. The molecule has 1 rings (SSSR count). The lowest BCUT2D eigenvalue weighted by Gasteiger charge is -2.04. The molecule has 17 heavy (non-hydrogen) atoms. The van der Waals surface area contributed by atoms with Crippen molar-refractivity contribution in [1.82, 2.24) is 0 Å². The van der Waals surface area contributed by atoms with Crippen LogP contribution in [0.4, 0.5) is 11.4 Å². The van der Waals surface area contributed by atoms with Crippen LogP contribution in [0.5, 0.6) is 0 Å². The zero-order chi connectivity index (χ0) is 13.2. The Bertz CT molecular complexity index is 580. The Labute approximate surface area is 96.2 Å². The van der Waals surface area contributed by atoms with Crippen molar-refractivity contribution in [3.05, 3.63) is 28.3 Å². The van der Waals surface area contributed by atoms with Crippen LogP contribution in [0.15, 0.2) is 23.1 Å². The average Bonchev–Trinajstić information content (AvgIpc) is 2.14. The Morgan fingerprint density at radius 1 is 1.47 bits per heavy atom. The van der Waals surface area contributed by atoms with Gasteiger partial charge in [0.05, 0.1) is 4.92 Å². The Hall–Kier alpha value is -2.00. The summed E-state index contributed by atoms with van der Waals surface area (Å²) in [5.41, 5.74) is -0.740. The number of carbonyl (C=O) groups is 1. The predicted octanol–water partition coefficient (Wildman–Crippen LogP) is 0.800. The van der Waals surface area contributed by atoms with Crippen LogP contribution in [0.1, 0.15) is 6.92 Å². The number of amides is 1. The molecule has 0 unspecified atom stereocenters. The van der Waals surface area contributed by atoms with Gasteiger partial charge in [-0.05, 0) is 12.1 Å².